The molecule has 0 aromatic heterocycles. The maximum atomic E-state index is 12.1. The molecule has 3 rings (SSSR count). The summed E-state index contributed by atoms with van der Waals surface area (Å²) >= 11 is 6.11. The van der Waals surface area contributed by atoms with Crippen LogP contribution >= 0.6 is 11.6 Å². The molecule has 6 nitrogen and oxygen atoms in total. The summed E-state index contributed by atoms with van der Waals surface area (Å²) in [5, 5.41) is 6.07. The van der Waals surface area contributed by atoms with Gasteiger partial charge in [0, 0.05) is 42.9 Å². The van der Waals surface area contributed by atoms with Crippen LogP contribution in [0.3, 0.4) is 0 Å². The summed E-state index contributed by atoms with van der Waals surface area (Å²) in [6, 6.07) is 5.77. The van der Waals surface area contributed by atoms with E-state index in [9.17, 15) is 9.59 Å². The van der Waals surface area contributed by atoms with Crippen molar-refractivity contribution in [2.45, 2.75) is 38.6 Å². The minimum Gasteiger partial charge on any atom is -0.369 e. The van der Waals surface area contributed by atoms with Crippen LogP contribution in [-0.2, 0) is 4.79 Å². The van der Waals surface area contributed by atoms with Gasteiger partial charge in [0.05, 0.1) is 6.54 Å². The average Bonchev–Trinajstić information content (AvgIpc) is 3.10. The lowest BCUT2D eigenvalue weighted by molar-refractivity contribution is -0.121. The van der Waals surface area contributed by atoms with Gasteiger partial charge in [-0.05, 0) is 37.5 Å². The zero-order valence-electron chi connectivity index (χ0n) is 15.3. The van der Waals surface area contributed by atoms with E-state index < -0.39 is 0 Å². The Balaban J connectivity index is 1.42. The van der Waals surface area contributed by atoms with E-state index in [1.807, 2.05) is 18.2 Å². The second-order valence-corrected chi connectivity index (χ2v) is 7.63. The number of hydrogen-bond donors (Lipinski definition) is 2. The fourth-order valence-electron chi connectivity index (χ4n) is 3.73. The lowest BCUT2D eigenvalue weighted by atomic mass is 10.1. The third-order valence-corrected chi connectivity index (χ3v) is 5.43. The van der Waals surface area contributed by atoms with Crippen LogP contribution in [0.25, 0.3) is 0 Å². The lowest BCUT2D eigenvalue weighted by Gasteiger charge is -2.36. The molecule has 0 unspecified atom stereocenters. The molecule has 2 N–H and O–H groups in total. The van der Waals surface area contributed by atoms with Crippen molar-refractivity contribution in [3.05, 3.63) is 28.8 Å². The molecule has 1 aliphatic heterocycles. The molecule has 0 spiro atoms. The van der Waals surface area contributed by atoms with E-state index in [1.165, 1.54) is 5.56 Å². The smallest absolute Gasteiger partial charge is 0.321 e. The average molecular weight is 379 g/mol. The largest absolute Gasteiger partial charge is 0.369 e. The molecule has 142 valence electrons. The van der Waals surface area contributed by atoms with Crippen molar-refractivity contribution < 1.29 is 9.59 Å². The van der Waals surface area contributed by atoms with E-state index in [-0.39, 0.29) is 24.5 Å². The molecule has 1 saturated heterocycles. The Morgan fingerprint density at radius 2 is 1.85 bits per heavy atom. The Hall–Kier alpha value is -1.79. The molecule has 0 atom stereocenters. The maximum absolute atomic E-state index is 12.1. The number of anilines is 1. The number of carbonyl (C=O) groups excluding carboxylic acids is 2. The maximum Gasteiger partial charge on any atom is 0.321 e. The first-order valence-electron chi connectivity index (χ1n) is 9.35. The van der Waals surface area contributed by atoms with Crippen molar-refractivity contribution in [3.8, 4) is 0 Å². The van der Waals surface area contributed by atoms with Gasteiger partial charge in [0.2, 0.25) is 5.91 Å². The van der Waals surface area contributed by atoms with Crippen LogP contribution < -0.4 is 15.5 Å². The Morgan fingerprint density at radius 1 is 1.15 bits per heavy atom. The van der Waals surface area contributed by atoms with E-state index in [0.29, 0.717) is 0 Å². The van der Waals surface area contributed by atoms with Gasteiger partial charge in [-0.25, -0.2) is 4.79 Å². The quantitative estimate of drug-likeness (QED) is 0.845. The number of rotatable bonds is 4. The standard InChI is InChI=1S/C19H27ClN4O2/c1-14-6-7-15(20)12-17(14)24-10-8-23(9-11-24)13-18(25)22-19(26)21-16-4-2-3-5-16/h6-7,12,16H,2-5,8-11,13H2,1H3,(H2,21,22,25,26). The first-order chi connectivity index (χ1) is 12.5. The summed E-state index contributed by atoms with van der Waals surface area (Å²) in [6.45, 7) is 5.56. The Kier molecular flexibility index (Phi) is 6.38. The van der Waals surface area contributed by atoms with Crippen molar-refractivity contribution in [1.82, 2.24) is 15.5 Å². The molecule has 2 aliphatic rings. The lowest BCUT2D eigenvalue weighted by Crippen LogP contribution is -2.51. The van der Waals surface area contributed by atoms with E-state index in [2.05, 4.69) is 27.4 Å². The highest BCUT2D eigenvalue weighted by Gasteiger charge is 2.22. The Labute approximate surface area is 159 Å². The molecule has 1 aliphatic carbocycles. The monoisotopic (exact) mass is 378 g/mol. The highest BCUT2D eigenvalue weighted by atomic mass is 35.5. The topological polar surface area (TPSA) is 64.7 Å². The number of carbonyl (C=O) groups is 2. The predicted molar refractivity (Wildman–Crippen MR) is 104 cm³/mol. The Morgan fingerprint density at radius 3 is 2.54 bits per heavy atom. The minimum absolute atomic E-state index is 0.215. The highest BCUT2D eigenvalue weighted by Crippen LogP contribution is 2.25. The van der Waals surface area contributed by atoms with Crippen LogP contribution in [0.2, 0.25) is 5.02 Å². The molecule has 26 heavy (non-hydrogen) atoms. The molecule has 7 heteroatoms. The third-order valence-electron chi connectivity index (χ3n) is 5.19. The van der Waals surface area contributed by atoms with Gasteiger partial charge in [-0.3, -0.25) is 15.0 Å². The van der Waals surface area contributed by atoms with Crippen LogP contribution in [0.15, 0.2) is 18.2 Å². The number of nitrogens with zero attached hydrogens (tertiary/aromatic N) is 2. The molecule has 1 heterocycles. The van der Waals surface area contributed by atoms with Gasteiger partial charge in [0.15, 0.2) is 0 Å². The number of aryl methyl sites for hydroxylation is 1. The van der Waals surface area contributed by atoms with Crippen molar-refractivity contribution in [3.63, 3.8) is 0 Å². The Bertz CT molecular complexity index is 653. The summed E-state index contributed by atoms with van der Waals surface area (Å²) in [5.41, 5.74) is 2.35. The summed E-state index contributed by atoms with van der Waals surface area (Å²) < 4.78 is 0. The summed E-state index contributed by atoms with van der Waals surface area (Å²) in [5.74, 6) is -0.243. The third kappa shape index (κ3) is 5.11. The van der Waals surface area contributed by atoms with Crippen LogP contribution in [0, 0.1) is 6.92 Å². The second-order valence-electron chi connectivity index (χ2n) is 7.20. The van der Waals surface area contributed by atoms with Crippen molar-refractivity contribution in [1.29, 1.82) is 0 Å². The second kappa shape index (κ2) is 8.73. The van der Waals surface area contributed by atoms with Gasteiger partial charge in [0.1, 0.15) is 0 Å². The number of imide groups is 1. The number of amides is 3. The molecule has 0 radical (unpaired) electrons. The number of urea groups is 1. The molecular formula is C19H27ClN4O2. The zero-order chi connectivity index (χ0) is 18.5. The van der Waals surface area contributed by atoms with Crippen LogP contribution in [0.4, 0.5) is 10.5 Å². The van der Waals surface area contributed by atoms with E-state index in [1.54, 1.807) is 0 Å². The zero-order valence-corrected chi connectivity index (χ0v) is 16.0. The normalized spacial score (nSPS) is 18.8. The van der Waals surface area contributed by atoms with Gasteiger partial charge >= 0.3 is 6.03 Å². The number of nitrogens with one attached hydrogen (secondary N) is 2. The number of benzene rings is 1. The highest BCUT2D eigenvalue weighted by molar-refractivity contribution is 6.30. The molecular weight excluding hydrogens is 352 g/mol. The van der Waals surface area contributed by atoms with E-state index in [4.69, 9.17) is 11.6 Å². The van der Waals surface area contributed by atoms with Crippen molar-refractivity contribution in [2.75, 3.05) is 37.6 Å². The molecule has 1 aromatic rings. The van der Waals surface area contributed by atoms with Gasteiger partial charge < -0.3 is 10.2 Å². The summed E-state index contributed by atoms with van der Waals surface area (Å²) in [4.78, 5) is 28.3. The fourth-order valence-corrected chi connectivity index (χ4v) is 3.90. The molecule has 3 amide bonds. The van der Waals surface area contributed by atoms with E-state index in [0.717, 1.165) is 62.6 Å². The van der Waals surface area contributed by atoms with Gasteiger partial charge in [-0.1, -0.05) is 30.5 Å². The first-order valence-corrected chi connectivity index (χ1v) is 9.73. The van der Waals surface area contributed by atoms with Crippen LogP contribution in [0.1, 0.15) is 31.2 Å². The fraction of sp³-hybridized carbons (Fsp3) is 0.579. The number of hydrogen-bond acceptors (Lipinski definition) is 4. The predicted octanol–water partition coefficient (Wildman–Crippen LogP) is 2.54. The minimum atomic E-state index is -0.366. The van der Waals surface area contributed by atoms with Crippen LogP contribution in [-0.4, -0.2) is 55.6 Å². The van der Waals surface area contributed by atoms with Gasteiger partial charge in [-0.15, -0.1) is 0 Å². The SMILES string of the molecule is Cc1ccc(Cl)cc1N1CCN(CC(=O)NC(=O)NC2CCCC2)CC1. The van der Waals surface area contributed by atoms with E-state index >= 15 is 0 Å². The molecule has 1 aromatic carbocycles. The number of halogens is 1. The van der Waals surface area contributed by atoms with Gasteiger partial charge in [0.25, 0.3) is 0 Å². The molecule has 1 saturated carbocycles. The number of piperazine rings is 1. The first kappa shape index (κ1) is 19.0. The van der Waals surface area contributed by atoms with Gasteiger partial charge in [-0.2, -0.15) is 0 Å². The summed E-state index contributed by atoms with van der Waals surface area (Å²) in [7, 11) is 0. The molecule has 0 bridgehead atoms. The summed E-state index contributed by atoms with van der Waals surface area (Å²) in [6.07, 6.45) is 4.31. The van der Waals surface area contributed by atoms with Crippen molar-refractivity contribution in [2.24, 2.45) is 0 Å². The van der Waals surface area contributed by atoms with Crippen molar-refractivity contribution >= 4 is 29.2 Å². The van der Waals surface area contributed by atoms with Crippen LogP contribution in [0.5, 0.6) is 0 Å². The molecule has 2 fully saturated rings.